The van der Waals surface area contributed by atoms with E-state index in [-0.39, 0.29) is 7.12 Å². The third kappa shape index (κ3) is 7.76. The van der Waals surface area contributed by atoms with Gasteiger partial charge in [-0.25, -0.2) is 0 Å². The minimum absolute atomic E-state index is 0.113. The summed E-state index contributed by atoms with van der Waals surface area (Å²) in [5.41, 5.74) is 0. The lowest BCUT2D eigenvalue weighted by Crippen LogP contribution is -2.20. The highest BCUT2D eigenvalue weighted by Crippen LogP contribution is 1.93. The second-order valence-electron chi connectivity index (χ2n) is 2.61. The van der Waals surface area contributed by atoms with E-state index >= 15 is 0 Å². The summed E-state index contributed by atoms with van der Waals surface area (Å²) in [6.45, 7) is 9.41. The van der Waals surface area contributed by atoms with Crippen molar-refractivity contribution in [2.45, 2.75) is 26.6 Å². The summed E-state index contributed by atoms with van der Waals surface area (Å²) in [5, 5.41) is 0. The summed E-state index contributed by atoms with van der Waals surface area (Å²) in [6, 6.07) is 0. The molecule has 0 N–H and O–H groups in total. The molecule has 0 aliphatic heterocycles. The van der Waals surface area contributed by atoms with E-state index in [4.69, 9.17) is 9.31 Å². The number of hydrogen-bond acceptors (Lipinski definition) is 3. The molecule has 0 aromatic heterocycles. The van der Waals surface area contributed by atoms with E-state index in [0.29, 0.717) is 13.2 Å². The third-order valence-corrected chi connectivity index (χ3v) is 1.45. The van der Waals surface area contributed by atoms with E-state index in [0.717, 1.165) is 19.4 Å². The molecule has 0 fully saturated rings. The molecule has 12 heavy (non-hydrogen) atoms. The van der Waals surface area contributed by atoms with E-state index in [2.05, 4.69) is 18.6 Å². The molecule has 0 unspecified atom stereocenters. The first-order valence-electron chi connectivity index (χ1n) is 4.47. The minimum atomic E-state index is -0.113. The topological polar surface area (TPSA) is 30.8 Å². The maximum Gasteiger partial charge on any atom is 0.453 e. The molecule has 0 bridgehead atoms. The van der Waals surface area contributed by atoms with Crippen molar-refractivity contribution in [2.75, 3.05) is 19.8 Å². The Morgan fingerprint density at radius 1 is 1.33 bits per heavy atom. The van der Waals surface area contributed by atoms with Crippen molar-refractivity contribution >= 4 is 13.8 Å². The molecule has 70 valence electrons. The summed E-state index contributed by atoms with van der Waals surface area (Å²) in [6.07, 6.45) is 2.24. The maximum atomic E-state index is 5.34. The largest absolute Gasteiger partial charge is 0.453 e. The maximum absolute atomic E-state index is 5.34. The SMILES string of the molecule is C=NCCOB(C)OCCCC. The van der Waals surface area contributed by atoms with Gasteiger partial charge in [0.05, 0.1) is 13.2 Å². The van der Waals surface area contributed by atoms with Crippen molar-refractivity contribution < 1.29 is 9.31 Å². The Labute approximate surface area is 75.3 Å². The van der Waals surface area contributed by atoms with Gasteiger partial charge >= 0.3 is 7.12 Å². The van der Waals surface area contributed by atoms with Crippen molar-refractivity contribution in [2.24, 2.45) is 4.99 Å². The normalized spacial score (nSPS) is 9.83. The predicted molar refractivity (Wildman–Crippen MR) is 52.8 cm³/mol. The standard InChI is InChI=1S/C8H18BNO2/c1-4-5-7-11-9(2)12-8-6-10-3/h3-8H2,1-2H3. The molecule has 0 aliphatic rings. The minimum Gasteiger partial charge on any atom is -0.411 e. The Balaban J connectivity index is 3.09. The van der Waals surface area contributed by atoms with Gasteiger partial charge in [-0.3, -0.25) is 4.99 Å². The van der Waals surface area contributed by atoms with Crippen LogP contribution in [0.3, 0.4) is 0 Å². The molecular weight excluding hydrogens is 153 g/mol. The fraction of sp³-hybridized carbons (Fsp3) is 0.875. The van der Waals surface area contributed by atoms with Crippen LogP contribution in [0.5, 0.6) is 0 Å². The van der Waals surface area contributed by atoms with Crippen molar-refractivity contribution in [3.8, 4) is 0 Å². The zero-order valence-corrected chi connectivity index (χ0v) is 8.08. The average molecular weight is 171 g/mol. The summed E-state index contributed by atoms with van der Waals surface area (Å²) >= 11 is 0. The van der Waals surface area contributed by atoms with Crippen LogP contribution >= 0.6 is 0 Å². The molecular formula is C8H18BNO2. The monoisotopic (exact) mass is 171 g/mol. The summed E-state index contributed by atoms with van der Waals surface area (Å²) in [5.74, 6) is 0. The van der Waals surface area contributed by atoms with Gasteiger partial charge in [-0.15, -0.1) is 0 Å². The van der Waals surface area contributed by atoms with E-state index in [1.807, 2.05) is 6.82 Å². The molecule has 0 amide bonds. The Morgan fingerprint density at radius 3 is 2.58 bits per heavy atom. The second-order valence-corrected chi connectivity index (χ2v) is 2.61. The Bertz CT molecular complexity index is 111. The van der Waals surface area contributed by atoms with Crippen LogP contribution in [0.15, 0.2) is 4.99 Å². The van der Waals surface area contributed by atoms with Gasteiger partial charge in [0.25, 0.3) is 0 Å². The lowest BCUT2D eigenvalue weighted by molar-refractivity contribution is 0.204. The number of aliphatic imine (C=N–C) groups is 1. The zero-order valence-electron chi connectivity index (χ0n) is 8.08. The highest BCUT2D eigenvalue weighted by Gasteiger charge is 2.08. The summed E-state index contributed by atoms with van der Waals surface area (Å²) in [7, 11) is -0.113. The number of rotatable bonds is 8. The van der Waals surface area contributed by atoms with Crippen LogP contribution in [0.4, 0.5) is 0 Å². The molecule has 0 aromatic rings. The number of nitrogens with zero attached hydrogens (tertiary/aromatic N) is 1. The van der Waals surface area contributed by atoms with Crippen LogP contribution in [0.1, 0.15) is 19.8 Å². The first-order chi connectivity index (χ1) is 5.81. The predicted octanol–water partition coefficient (Wildman–Crippen LogP) is 1.64. The molecule has 3 nitrogen and oxygen atoms in total. The van der Waals surface area contributed by atoms with Crippen LogP contribution in [0.25, 0.3) is 0 Å². The quantitative estimate of drug-likeness (QED) is 0.315. The van der Waals surface area contributed by atoms with Crippen molar-refractivity contribution in [1.82, 2.24) is 0 Å². The van der Waals surface area contributed by atoms with Gasteiger partial charge < -0.3 is 9.31 Å². The Hall–Kier alpha value is -0.345. The third-order valence-electron chi connectivity index (χ3n) is 1.45. The fourth-order valence-electron chi connectivity index (χ4n) is 0.725. The van der Waals surface area contributed by atoms with E-state index < -0.39 is 0 Å². The first kappa shape index (κ1) is 11.7. The van der Waals surface area contributed by atoms with E-state index in [1.165, 1.54) is 0 Å². The van der Waals surface area contributed by atoms with Gasteiger partial charge in [-0.1, -0.05) is 13.3 Å². The lowest BCUT2D eigenvalue weighted by atomic mass is 9.95. The average Bonchev–Trinajstić information content (AvgIpc) is 2.06. The van der Waals surface area contributed by atoms with Crippen LogP contribution in [0, 0.1) is 0 Å². The Kier molecular flexibility index (Phi) is 8.50. The van der Waals surface area contributed by atoms with Gasteiger partial charge in [0, 0.05) is 6.61 Å². The Morgan fingerprint density at radius 2 is 2.00 bits per heavy atom. The lowest BCUT2D eigenvalue weighted by Gasteiger charge is -2.08. The van der Waals surface area contributed by atoms with E-state index in [9.17, 15) is 0 Å². The summed E-state index contributed by atoms with van der Waals surface area (Å²) in [4.78, 5) is 3.67. The van der Waals surface area contributed by atoms with Crippen molar-refractivity contribution in [3.05, 3.63) is 0 Å². The van der Waals surface area contributed by atoms with Gasteiger partial charge in [0.1, 0.15) is 0 Å². The smallest absolute Gasteiger partial charge is 0.411 e. The zero-order chi connectivity index (χ0) is 9.23. The first-order valence-corrected chi connectivity index (χ1v) is 4.47. The van der Waals surface area contributed by atoms with Gasteiger partial charge in [0.2, 0.25) is 0 Å². The van der Waals surface area contributed by atoms with Gasteiger partial charge in [-0.05, 0) is 20.0 Å². The molecule has 0 saturated carbocycles. The molecule has 0 saturated heterocycles. The second kappa shape index (κ2) is 8.75. The van der Waals surface area contributed by atoms with Crippen molar-refractivity contribution in [1.29, 1.82) is 0 Å². The molecule has 0 spiro atoms. The fourth-order valence-corrected chi connectivity index (χ4v) is 0.725. The van der Waals surface area contributed by atoms with Crippen molar-refractivity contribution in [3.63, 3.8) is 0 Å². The number of hydrogen-bond donors (Lipinski definition) is 0. The summed E-state index contributed by atoms with van der Waals surface area (Å²) < 4.78 is 10.6. The van der Waals surface area contributed by atoms with Gasteiger partial charge in [-0.2, -0.15) is 0 Å². The molecule has 0 heterocycles. The molecule has 0 aromatic carbocycles. The highest BCUT2D eigenvalue weighted by atomic mass is 16.6. The van der Waals surface area contributed by atoms with Crippen LogP contribution in [0.2, 0.25) is 6.82 Å². The van der Waals surface area contributed by atoms with Crippen LogP contribution in [-0.4, -0.2) is 33.6 Å². The molecule has 0 atom stereocenters. The molecule has 4 heteroatoms. The molecule has 0 aliphatic carbocycles. The molecule has 0 radical (unpaired) electrons. The molecule has 0 rings (SSSR count). The highest BCUT2D eigenvalue weighted by molar-refractivity contribution is 6.42. The van der Waals surface area contributed by atoms with E-state index in [1.54, 1.807) is 0 Å². The van der Waals surface area contributed by atoms with Crippen LogP contribution in [-0.2, 0) is 9.31 Å². The van der Waals surface area contributed by atoms with Crippen LogP contribution < -0.4 is 0 Å². The number of unbranched alkanes of at least 4 members (excludes halogenated alkanes) is 1. The van der Waals surface area contributed by atoms with Gasteiger partial charge in [0.15, 0.2) is 0 Å².